The van der Waals surface area contributed by atoms with Crippen LogP contribution in [-0.4, -0.2) is 13.1 Å². The lowest BCUT2D eigenvalue weighted by atomic mass is 10.1. The van der Waals surface area contributed by atoms with E-state index in [1.165, 1.54) is 17.4 Å². The van der Waals surface area contributed by atoms with Crippen LogP contribution in [0.3, 0.4) is 0 Å². The SMILES string of the molecule is CC(C)(C)[Si](C)(C)C#Cc1cc(-c2nc3c(F)cccc3s2)ccc1N. The molecule has 0 atom stereocenters. The molecule has 0 aliphatic carbocycles. The first-order valence-corrected chi connectivity index (χ1v) is 12.4. The Bertz CT molecular complexity index is 1040. The summed E-state index contributed by atoms with van der Waals surface area (Å²) in [4.78, 5) is 4.46. The molecule has 134 valence electrons. The zero-order valence-electron chi connectivity index (χ0n) is 15.8. The number of aromatic nitrogens is 1. The molecule has 1 aromatic heterocycles. The summed E-state index contributed by atoms with van der Waals surface area (Å²) in [6, 6.07) is 10.8. The van der Waals surface area contributed by atoms with E-state index in [2.05, 4.69) is 50.3 Å². The highest BCUT2D eigenvalue weighted by Crippen LogP contribution is 2.36. The van der Waals surface area contributed by atoms with E-state index in [1.807, 2.05) is 24.3 Å². The Balaban J connectivity index is 2.04. The summed E-state index contributed by atoms with van der Waals surface area (Å²) in [5.74, 6) is 3.01. The Kier molecular flexibility index (Phi) is 4.68. The Morgan fingerprint density at radius 3 is 2.54 bits per heavy atom. The maximum Gasteiger partial charge on any atom is 0.150 e. The van der Waals surface area contributed by atoms with Gasteiger partial charge in [0, 0.05) is 16.8 Å². The second-order valence-corrected chi connectivity index (χ2v) is 14.1. The first-order valence-electron chi connectivity index (χ1n) is 8.57. The number of halogens is 1. The Morgan fingerprint density at radius 1 is 1.15 bits per heavy atom. The van der Waals surface area contributed by atoms with Crippen molar-refractivity contribution in [3.8, 4) is 22.0 Å². The van der Waals surface area contributed by atoms with Gasteiger partial charge in [0.1, 0.15) is 24.4 Å². The topological polar surface area (TPSA) is 38.9 Å². The highest BCUT2D eigenvalue weighted by atomic mass is 32.1. The highest BCUT2D eigenvalue weighted by molar-refractivity contribution is 7.21. The average molecular weight is 383 g/mol. The summed E-state index contributed by atoms with van der Waals surface area (Å²) in [5.41, 5.74) is 12.4. The Hall–Kier alpha value is -2.16. The number of hydrogen-bond donors (Lipinski definition) is 1. The van der Waals surface area contributed by atoms with Crippen LogP contribution in [0.5, 0.6) is 0 Å². The van der Waals surface area contributed by atoms with E-state index >= 15 is 0 Å². The van der Waals surface area contributed by atoms with Gasteiger partial charge in [-0.05, 0) is 35.4 Å². The van der Waals surface area contributed by atoms with Crippen LogP contribution < -0.4 is 5.73 Å². The summed E-state index contributed by atoms with van der Waals surface area (Å²) in [6.07, 6.45) is 0. The van der Waals surface area contributed by atoms with E-state index in [0.717, 1.165) is 20.8 Å². The standard InChI is InChI=1S/C21H23FN2SSi/c1-21(2,3)26(4,5)12-11-14-13-15(9-10-17(14)23)20-24-19-16(22)7-6-8-18(19)25-20/h6-10,13H,23H2,1-5H3. The summed E-state index contributed by atoms with van der Waals surface area (Å²) < 4.78 is 14.8. The van der Waals surface area contributed by atoms with E-state index in [-0.39, 0.29) is 10.9 Å². The monoisotopic (exact) mass is 382 g/mol. The van der Waals surface area contributed by atoms with Crippen LogP contribution in [0.1, 0.15) is 26.3 Å². The van der Waals surface area contributed by atoms with Crippen LogP contribution in [0.2, 0.25) is 18.1 Å². The summed E-state index contributed by atoms with van der Waals surface area (Å²) in [6.45, 7) is 11.3. The van der Waals surface area contributed by atoms with Crippen molar-refractivity contribution in [1.82, 2.24) is 4.98 Å². The summed E-state index contributed by atoms with van der Waals surface area (Å²) >= 11 is 1.48. The molecule has 1 heterocycles. The van der Waals surface area contributed by atoms with Gasteiger partial charge in [0.25, 0.3) is 0 Å². The largest absolute Gasteiger partial charge is 0.398 e. The number of nitrogens with two attached hydrogens (primary N) is 1. The van der Waals surface area contributed by atoms with E-state index in [9.17, 15) is 4.39 Å². The van der Waals surface area contributed by atoms with Crippen molar-refractivity contribution in [3.63, 3.8) is 0 Å². The molecule has 0 saturated carbocycles. The number of nitrogen functional groups attached to an aromatic ring is 1. The quantitative estimate of drug-likeness (QED) is 0.314. The third-order valence-corrected chi connectivity index (χ3v) is 10.6. The van der Waals surface area contributed by atoms with Crippen molar-refractivity contribution in [2.45, 2.75) is 38.9 Å². The van der Waals surface area contributed by atoms with Gasteiger partial charge < -0.3 is 5.73 Å². The lowest BCUT2D eigenvalue weighted by molar-refractivity contribution is 0.637. The normalized spacial score (nSPS) is 12.1. The molecule has 2 aromatic carbocycles. The number of thiazole rings is 1. The average Bonchev–Trinajstić information content (AvgIpc) is 2.98. The molecule has 2 nitrogen and oxygen atoms in total. The highest BCUT2D eigenvalue weighted by Gasteiger charge is 2.33. The lowest BCUT2D eigenvalue weighted by Gasteiger charge is -2.31. The molecule has 0 amide bonds. The van der Waals surface area contributed by atoms with Gasteiger partial charge in [-0.15, -0.1) is 16.9 Å². The molecule has 26 heavy (non-hydrogen) atoms. The molecule has 3 rings (SSSR count). The van der Waals surface area contributed by atoms with Crippen LogP contribution in [0.15, 0.2) is 36.4 Å². The van der Waals surface area contributed by atoms with Crippen LogP contribution in [0.4, 0.5) is 10.1 Å². The fraction of sp³-hybridized carbons (Fsp3) is 0.286. The van der Waals surface area contributed by atoms with E-state index in [4.69, 9.17) is 5.73 Å². The third kappa shape index (κ3) is 3.53. The van der Waals surface area contributed by atoms with Crippen molar-refractivity contribution in [3.05, 3.63) is 47.8 Å². The molecule has 0 fully saturated rings. The van der Waals surface area contributed by atoms with Crippen molar-refractivity contribution in [1.29, 1.82) is 0 Å². The second kappa shape index (κ2) is 6.53. The lowest BCUT2D eigenvalue weighted by Crippen LogP contribution is -2.35. The minimum absolute atomic E-state index is 0.191. The number of anilines is 1. The molecule has 0 aliphatic heterocycles. The molecule has 3 aromatic rings. The minimum atomic E-state index is -1.72. The Morgan fingerprint density at radius 2 is 1.88 bits per heavy atom. The Labute approximate surface area is 159 Å². The smallest absolute Gasteiger partial charge is 0.150 e. The maximum atomic E-state index is 13.9. The van der Waals surface area contributed by atoms with Gasteiger partial charge in [0.2, 0.25) is 0 Å². The second-order valence-electron chi connectivity index (χ2n) is 8.03. The first kappa shape index (κ1) is 18.6. The fourth-order valence-electron chi connectivity index (χ4n) is 2.25. The van der Waals surface area contributed by atoms with Gasteiger partial charge in [-0.1, -0.05) is 45.9 Å². The van der Waals surface area contributed by atoms with Crippen LogP contribution in [0.25, 0.3) is 20.8 Å². The van der Waals surface area contributed by atoms with E-state index in [0.29, 0.717) is 11.2 Å². The number of para-hydroxylation sites is 1. The number of benzene rings is 2. The summed E-state index contributed by atoms with van der Waals surface area (Å²) in [7, 11) is -1.72. The zero-order valence-corrected chi connectivity index (χ0v) is 17.6. The molecule has 5 heteroatoms. The van der Waals surface area contributed by atoms with Gasteiger partial charge in [-0.2, -0.15) is 0 Å². The maximum absolute atomic E-state index is 13.9. The van der Waals surface area contributed by atoms with Gasteiger partial charge in [-0.25, -0.2) is 9.37 Å². The minimum Gasteiger partial charge on any atom is -0.398 e. The number of fused-ring (bicyclic) bond motifs is 1. The van der Waals surface area contributed by atoms with E-state index < -0.39 is 8.07 Å². The molecule has 0 aliphatic rings. The molecule has 2 N–H and O–H groups in total. The van der Waals surface area contributed by atoms with Crippen LogP contribution >= 0.6 is 11.3 Å². The predicted octanol–water partition coefficient (Wildman–Crippen LogP) is 6.08. The molecule has 0 saturated heterocycles. The third-order valence-electron chi connectivity index (χ3n) is 5.05. The number of rotatable bonds is 1. The molecule has 0 radical (unpaired) electrons. The molecular formula is C21H23FN2SSi. The first-order chi connectivity index (χ1) is 12.1. The van der Waals surface area contributed by atoms with Gasteiger partial charge in [-0.3, -0.25) is 0 Å². The molecule has 0 spiro atoms. The molecule has 0 bridgehead atoms. The van der Waals surface area contributed by atoms with E-state index in [1.54, 1.807) is 6.07 Å². The summed E-state index contributed by atoms with van der Waals surface area (Å²) in [5, 5.41) is 0.970. The predicted molar refractivity (Wildman–Crippen MR) is 114 cm³/mol. The van der Waals surface area contributed by atoms with Crippen molar-refractivity contribution < 1.29 is 4.39 Å². The van der Waals surface area contributed by atoms with Crippen molar-refractivity contribution in [2.75, 3.05) is 5.73 Å². The van der Waals surface area contributed by atoms with Crippen LogP contribution in [-0.2, 0) is 0 Å². The van der Waals surface area contributed by atoms with Gasteiger partial charge in [0.05, 0.1) is 4.70 Å². The van der Waals surface area contributed by atoms with Crippen molar-refractivity contribution in [2.24, 2.45) is 0 Å². The van der Waals surface area contributed by atoms with Crippen LogP contribution in [0, 0.1) is 17.3 Å². The zero-order chi connectivity index (χ0) is 19.1. The molecular weight excluding hydrogens is 359 g/mol. The molecule has 0 unspecified atom stereocenters. The van der Waals surface area contributed by atoms with Gasteiger partial charge in [0.15, 0.2) is 0 Å². The van der Waals surface area contributed by atoms with Crippen molar-refractivity contribution >= 4 is 35.3 Å². The van der Waals surface area contributed by atoms with Gasteiger partial charge >= 0.3 is 0 Å². The number of hydrogen-bond acceptors (Lipinski definition) is 3. The number of nitrogens with zero attached hydrogens (tertiary/aromatic N) is 1. The fourth-order valence-corrected chi connectivity index (χ4v) is 4.05.